The number of esters is 1. The molecule has 0 saturated heterocycles. The van der Waals surface area contributed by atoms with E-state index in [0.29, 0.717) is 17.3 Å². The number of carbonyl (C=O) groups is 1. The molecule has 0 amide bonds. The minimum absolute atomic E-state index is 0.0857. The second-order valence-corrected chi connectivity index (χ2v) is 5.40. The molecule has 1 atom stereocenters. The number of rotatable bonds is 5. The van der Waals surface area contributed by atoms with E-state index in [-0.39, 0.29) is 6.42 Å². The maximum atomic E-state index is 11.3. The number of hydrogen-bond acceptors (Lipinski definition) is 5. The largest absolute Gasteiger partial charge is 0.466 e. The Labute approximate surface area is 126 Å². The summed E-state index contributed by atoms with van der Waals surface area (Å²) in [4.78, 5) is 15.7. The smallest absolute Gasteiger partial charge is 0.308 e. The Bertz CT molecular complexity index is 582. The van der Waals surface area contributed by atoms with Crippen LogP contribution in [-0.4, -0.2) is 22.7 Å². The number of nitrogens with zero attached hydrogens (tertiary/aromatic N) is 1. The fourth-order valence-electron chi connectivity index (χ4n) is 1.65. The molecule has 0 aliphatic rings. The van der Waals surface area contributed by atoms with Crippen LogP contribution in [0.1, 0.15) is 25.1 Å². The number of ether oxygens (including phenoxy) is 1. The van der Waals surface area contributed by atoms with Gasteiger partial charge < -0.3 is 9.84 Å². The third-order valence-electron chi connectivity index (χ3n) is 2.62. The first kappa shape index (κ1) is 15.0. The van der Waals surface area contributed by atoms with Gasteiger partial charge in [0.2, 0.25) is 0 Å². The van der Waals surface area contributed by atoms with Crippen molar-refractivity contribution in [2.75, 3.05) is 6.61 Å². The number of aliphatic hydroxyl groups is 1. The van der Waals surface area contributed by atoms with E-state index in [1.165, 1.54) is 11.3 Å². The zero-order valence-corrected chi connectivity index (χ0v) is 12.4. The summed E-state index contributed by atoms with van der Waals surface area (Å²) in [5.74, 6) is -0.430. The van der Waals surface area contributed by atoms with Crippen LogP contribution in [0.5, 0.6) is 0 Å². The van der Waals surface area contributed by atoms with Gasteiger partial charge in [-0.15, -0.1) is 11.3 Å². The third kappa shape index (κ3) is 3.79. The van der Waals surface area contributed by atoms with Crippen LogP contribution in [-0.2, 0) is 9.53 Å². The van der Waals surface area contributed by atoms with E-state index in [9.17, 15) is 9.90 Å². The minimum atomic E-state index is -0.939. The van der Waals surface area contributed by atoms with Crippen LogP contribution in [0.25, 0.3) is 10.6 Å². The predicted octanol–water partition coefficient (Wildman–Crippen LogP) is 3.45. The molecule has 2 rings (SSSR count). The fraction of sp³-hybridized carbons (Fsp3) is 0.286. The van der Waals surface area contributed by atoms with Crippen molar-refractivity contribution in [1.82, 2.24) is 4.98 Å². The first-order valence-electron chi connectivity index (χ1n) is 6.15. The number of benzene rings is 1. The topological polar surface area (TPSA) is 59.4 Å². The first-order valence-corrected chi connectivity index (χ1v) is 7.41. The Kier molecular flexibility index (Phi) is 5.11. The molecule has 1 aromatic carbocycles. The Morgan fingerprint density at radius 3 is 2.80 bits per heavy atom. The Hall–Kier alpha value is -1.43. The van der Waals surface area contributed by atoms with E-state index >= 15 is 0 Å². The van der Waals surface area contributed by atoms with Gasteiger partial charge in [-0.25, -0.2) is 4.98 Å². The minimum Gasteiger partial charge on any atom is -0.466 e. The van der Waals surface area contributed by atoms with Gasteiger partial charge >= 0.3 is 5.97 Å². The Morgan fingerprint density at radius 2 is 2.15 bits per heavy atom. The molecule has 0 aliphatic heterocycles. The molecular formula is C14H14ClNO3S. The molecular weight excluding hydrogens is 298 g/mol. The summed E-state index contributed by atoms with van der Waals surface area (Å²) in [6, 6.07) is 7.30. The quantitative estimate of drug-likeness (QED) is 0.859. The zero-order chi connectivity index (χ0) is 14.5. The van der Waals surface area contributed by atoms with Crippen molar-refractivity contribution in [3.8, 4) is 10.6 Å². The van der Waals surface area contributed by atoms with Crippen molar-refractivity contribution >= 4 is 28.9 Å². The van der Waals surface area contributed by atoms with Crippen molar-refractivity contribution in [2.45, 2.75) is 19.4 Å². The van der Waals surface area contributed by atoms with Crippen LogP contribution in [0.2, 0.25) is 5.02 Å². The number of halogens is 1. The normalized spacial score (nSPS) is 12.2. The van der Waals surface area contributed by atoms with Crippen LogP contribution in [0.15, 0.2) is 29.6 Å². The van der Waals surface area contributed by atoms with Gasteiger partial charge in [0, 0.05) is 16.0 Å². The van der Waals surface area contributed by atoms with Crippen molar-refractivity contribution in [1.29, 1.82) is 0 Å². The molecule has 0 saturated carbocycles. The highest BCUT2D eigenvalue weighted by Crippen LogP contribution is 2.28. The van der Waals surface area contributed by atoms with Crippen LogP contribution in [0.3, 0.4) is 0 Å². The van der Waals surface area contributed by atoms with Crippen molar-refractivity contribution in [2.24, 2.45) is 0 Å². The molecule has 20 heavy (non-hydrogen) atoms. The fourth-order valence-corrected chi connectivity index (χ4v) is 2.65. The summed E-state index contributed by atoms with van der Waals surface area (Å²) in [5, 5.41) is 13.1. The summed E-state index contributed by atoms with van der Waals surface area (Å²) < 4.78 is 4.80. The van der Waals surface area contributed by atoms with E-state index in [2.05, 4.69) is 4.98 Å². The van der Waals surface area contributed by atoms with Gasteiger partial charge in [-0.1, -0.05) is 23.7 Å². The molecule has 2 aromatic rings. The van der Waals surface area contributed by atoms with E-state index in [1.807, 2.05) is 12.1 Å². The molecule has 0 fully saturated rings. The summed E-state index contributed by atoms with van der Waals surface area (Å²) in [6.45, 7) is 2.03. The second kappa shape index (κ2) is 6.83. The van der Waals surface area contributed by atoms with E-state index in [0.717, 1.165) is 10.6 Å². The molecule has 0 spiro atoms. The lowest BCUT2D eigenvalue weighted by Gasteiger charge is -2.06. The van der Waals surface area contributed by atoms with Gasteiger partial charge in [-0.3, -0.25) is 4.79 Å². The molecule has 1 aromatic heterocycles. The molecule has 106 valence electrons. The lowest BCUT2D eigenvalue weighted by Crippen LogP contribution is -2.10. The average molecular weight is 312 g/mol. The molecule has 0 unspecified atom stereocenters. The van der Waals surface area contributed by atoms with Crippen LogP contribution in [0, 0.1) is 0 Å². The number of thiazole rings is 1. The number of carbonyl (C=O) groups excluding carboxylic acids is 1. The van der Waals surface area contributed by atoms with Crippen molar-refractivity contribution in [3.05, 3.63) is 40.4 Å². The van der Waals surface area contributed by atoms with Gasteiger partial charge in [0.15, 0.2) is 0 Å². The SMILES string of the molecule is CCOC(=O)C[C@H](O)c1csc(-c2ccc(Cl)cc2)n1. The highest BCUT2D eigenvalue weighted by molar-refractivity contribution is 7.13. The van der Waals surface area contributed by atoms with Crippen molar-refractivity contribution < 1.29 is 14.6 Å². The second-order valence-electron chi connectivity index (χ2n) is 4.11. The highest BCUT2D eigenvalue weighted by atomic mass is 35.5. The van der Waals surface area contributed by atoms with Crippen LogP contribution < -0.4 is 0 Å². The molecule has 1 N–H and O–H groups in total. The predicted molar refractivity (Wildman–Crippen MR) is 78.8 cm³/mol. The maximum Gasteiger partial charge on any atom is 0.308 e. The molecule has 4 nitrogen and oxygen atoms in total. The lowest BCUT2D eigenvalue weighted by molar-refractivity contribution is -0.145. The van der Waals surface area contributed by atoms with Gasteiger partial charge in [0.1, 0.15) is 11.1 Å². The highest BCUT2D eigenvalue weighted by Gasteiger charge is 2.17. The first-order chi connectivity index (χ1) is 9.60. The molecule has 1 heterocycles. The van der Waals surface area contributed by atoms with Gasteiger partial charge in [-0.05, 0) is 19.1 Å². The number of aromatic nitrogens is 1. The monoisotopic (exact) mass is 311 g/mol. The summed E-state index contributed by atoms with van der Waals surface area (Å²) in [7, 11) is 0. The molecule has 0 aliphatic carbocycles. The van der Waals surface area contributed by atoms with Gasteiger partial charge in [0.25, 0.3) is 0 Å². The zero-order valence-electron chi connectivity index (χ0n) is 10.9. The maximum absolute atomic E-state index is 11.3. The number of hydrogen-bond donors (Lipinski definition) is 1. The summed E-state index contributed by atoms with van der Waals surface area (Å²) in [6.07, 6.45) is -1.02. The van der Waals surface area contributed by atoms with Crippen LogP contribution in [0.4, 0.5) is 0 Å². The lowest BCUT2D eigenvalue weighted by atomic mass is 10.2. The average Bonchev–Trinajstić information content (AvgIpc) is 2.89. The Balaban J connectivity index is 2.08. The van der Waals surface area contributed by atoms with Gasteiger partial charge in [-0.2, -0.15) is 0 Å². The third-order valence-corrected chi connectivity index (χ3v) is 3.78. The summed E-state index contributed by atoms with van der Waals surface area (Å²) >= 11 is 7.24. The molecule has 6 heteroatoms. The molecule has 0 radical (unpaired) electrons. The van der Waals surface area contributed by atoms with Crippen LogP contribution >= 0.6 is 22.9 Å². The van der Waals surface area contributed by atoms with E-state index < -0.39 is 12.1 Å². The van der Waals surface area contributed by atoms with Gasteiger partial charge in [0.05, 0.1) is 18.7 Å². The standard InChI is InChI=1S/C14H14ClNO3S/c1-2-19-13(18)7-12(17)11-8-20-14(16-11)9-3-5-10(15)6-4-9/h3-6,8,12,17H,2,7H2,1H3/t12-/m0/s1. The summed E-state index contributed by atoms with van der Waals surface area (Å²) in [5.41, 5.74) is 1.40. The van der Waals surface area contributed by atoms with Crippen molar-refractivity contribution in [3.63, 3.8) is 0 Å². The number of aliphatic hydroxyl groups excluding tert-OH is 1. The molecule has 0 bridgehead atoms. The van der Waals surface area contributed by atoms with E-state index in [4.69, 9.17) is 16.3 Å². The van der Waals surface area contributed by atoms with E-state index in [1.54, 1.807) is 24.4 Å². The Morgan fingerprint density at radius 1 is 1.45 bits per heavy atom.